The van der Waals surface area contributed by atoms with Crippen LogP contribution in [0.3, 0.4) is 0 Å². The van der Waals surface area contributed by atoms with Crippen molar-refractivity contribution in [3.8, 4) is 0 Å². The Labute approximate surface area is 94.4 Å². The Morgan fingerprint density at radius 2 is 2.62 bits per heavy atom. The van der Waals surface area contributed by atoms with Crippen LogP contribution in [-0.2, 0) is 11.3 Å². The molecule has 1 fully saturated rings. The SMILES string of the molecule is CC(=O)Nc1cn(CCC2CCCN2)nn1. The maximum Gasteiger partial charge on any atom is 0.222 e. The van der Waals surface area contributed by atoms with Crippen LogP contribution in [0.15, 0.2) is 6.20 Å². The number of aromatic nitrogens is 3. The van der Waals surface area contributed by atoms with Crippen molar-refractivity contribution in [3.63, 3.8) is 0 Å². The summed E-state index contributed by atoms with van der Waals surface area (Å²) >= 11 is 0. The van der Waals surface area contributed by atoms with Crippen LogP contribution >= 0.6 is 0 Å². The minimum atomic E-state index is -0.121. The number of hydrogen-bond acceptors (Lipinski definition) is 4. The Morgan fingerprint density at radius 1 is 1.75 bits per heavy atom. The van der Waals surface area contributed by atoms with Gasteiger partial charge in [-0.3, -0.25) is 9.48 Å². The van der Waals surface area contributed by atoms with Gasteiger partial charge in [0.1, 0.15) is 0 Å². The van der Waals surface area contributed by atoms with E-state index in [1.165, 1.54) is 19.8 Å². The second-order valence-electron chi connectivity index (χ2n) is 4.13. The fourth-order valence-electron chi connectivity index (χ4n) is 1.94. The Balaban J connectivity index is 1.80. The van der Waals surface area contributed by atoms with Crippen molar-refractivity contribution in [1.82, 2.24) is 20.3 Å². The zero-order valence-electron chi connectivity index (χ0n) is 9.44. The van der Waals surface area contributed by atoms with Crippen LogP contribution in [0.2, 0.25) is 0 Å². The van der Waals surface area contributed by atoms with Crippen molar-refractivity contribution in [2.45, 2.75) is 38.8 Å². The number of rotatable bonds is 4. The molecule has 1 saturated heterocycles. The first kappa shape index (κ1) is 11.1. The van der Waals surface area contributed by atoms with E-state index >= 15 is 0 Å². The van der Waals surface area contributed by atoms with Gasteiger partial charge in [0.05, 0.1) is 6.20 Å². The maximum atomic E-state index is 10.8. The highest BCUT2D eigenvalue weighted by atomic mass is 16.1. The monoisotopic (exact) mass is 223 g/mol. The molecule has 1 unspecified atom stereocenters. The summed E-state index contributed by atoms with van der Waals surface area (Å²) in [6, 6.07) is 0.605. The average molecular weight is 223 g/mol. The van der Waals surface area contributed by atoms with Crippen LogP contribution in [0.25, 0.3) is 0 Å². The number of carbonyl (C=O) groups excluding carboxylic acids is 1. The van der Waals surface area contributed by atoms with Crippen molar-refractivity contribution in [2.75, 3.05) is 11.9 Å². The molecule has 6 nitrogen and oxygen atoms in total. The molecule has 2 N–H and O–H groups in total. The molecule has 1 amide bonds. The third kappa shape index (κ3) is 3.03. The van der Waals surface area contributed by atoms with E-state index in [4.69, 9.17) is 0 Å². The average Bonchev–Trinajstić information content (AvgIpc) is 2.84. The van der Waals surface area contributed by atoms with Gasteiger partial charge in [-0.15, -0.1) is 5.10 Å². The van der Waals surface area contributed by atoms with Gasteiger partial charge in [-0.25, -0.2) is 0 Å². The quantitative estimate of drug-likeness (QED) is 0.774. The molecule has 6 heteroatoms. The fourth-order valence-corrected chi connectivity index (χ4v) is 1.94. The number of carbonyl (C=O) groups is 1. The third-order valence-corrected chi connectivity index (χ3v) is 2.71. The van der Waals surface area contributed by atoms with Gasteiger partial charge in [0.15, 0.2) is 5.82 Å². The molecule has 0 radical (unpaired) electrons. The van der Waals surface area contributed by atoms with Crippen molar-refractivity contribution in [3.05, 3.63) is 6.20 Å². The summed E-state index contributed by atoms with van der Waals surface area (Å²) < 4.78 is 1.77. The summed E-state index contributed by atoms with van der Waals surface area (Å²) in [6.07, 6.45) is 5.33. The van der Waals surface area contributed by atoms with Gasteiger partial charge >= 0.3 is 0 Å². The summed E-state index contributed by atoms with van der Waals surface area (Å²) in [5.41, 5.74) is 0. The largest absolute Gasteiger partial charge is 0.314 e. The second-order valence-corrected chi connectivity index (χ2v) is 4.13. The number of amides is 1. The minimum Gasteiger partial charge on any atom is -0.314 e. The first-order chi connectivity index (χ1) is 7.74. The highest BCUT2D eigenvalue weighted by Crippen LogP contribution is 2.10. The van der Waals surface area contributed by atoms with E-state index in [1.54, 1.807) is 10.9 Å². The lowest BCUT2D eigenvalue weighted by atomic mass is 10.2. The molecule has 2 rings (SSSR count). The maximum absolute atomic E-state index is 10.8. The van der Waals surface area contributed by atoms with Crippen molar-refractivity contribution < 1.29 is 4.79 Å². The number of aryl methyl sites for hydroxylation is 1. The molecule has 1 aliphatic heterocycles. The lowest BCUT2D eigenvalue weighted by Gasteiger charge is -2.08. The van der Waals surface area contributed by atoms with Crippen LogP contribution < -0.4 is 10.6 Å². The summed E-state index contributed by atoms with van der Waals surface area (Å²) in [6.45, 7) is 3.42. The zero-order chi connectivity index (χ0) is 11.4. The van der Waals surface area contributed by atoms with E-state index in [0.717, 1.165) is 19.5 Å². The molecule has 1 aromatic heterocycles. The fraction of sp³-hybridized carbons (Fsp3) is 0.700. The van der Waals surface area contributed by atoms with E-state index in [1.807, 2.05) is 0 Å². The predicted molar refractivity (Wildman–Crippen MR) is 60.0 cm³/mol. The Kier molecular flexibility index (Phi) is 3.51. The van der Waals surface area contributed by atoms with Gasteiger partial charge in [0, 0.05) is 19.5 Å². The normalized spacial score (nSPS) is 19.9. The molecule has 1 aromatic rings. The molecule has 0 saturated carbocycles. The van der Waals surface area contributed by atoms with Crippen molar-refractivity contribution >= 4 is 11.7 Å². The predicted octanol–water partition coefficient (Wildman–Crippen LogP) is 0.379. The summed E-state index contributed by atoms with van der Waals surface area (Å²) in [5, 5.41) is 13.9. The molecule has 1 atom stereocenters. The van der Waals surface area contributed by atoms with Gasteiger partial charge in [-0.1, -0.05) is 5.21 Å². The Morgan fingerprint density at radius 3 is 3.31 bits per heavy atom. The number of nitrogens with zero attached hydrogens (tertiary/aromatic N) is 3. The van der Waals surface area contributed by atoms with E-state index in [0.29, 0.717) is 11.9 Å². The van der Waals surface area contributed by atoms with Crippen LogP contribution in [0.1, 0.15) is 26.2 Å². The van der Waals surface area contributed by atoms with E-state index in [9.17, 15) is 4.79 Å². The summed E-state index contributed by atoms with van der Waals surface area (Å²) in [4.78, 5) is 10.8. The molecule has 0 spiro atoms. The molecule has 0 aromatic carbocycles. The minimum absolute atomic E-state index is 0.121. The van der Waals surface area contributed by atoms with Crippen LogP contribution in [0.5, 0.6) is 0 Å². The molecule has 2 heterocycles. The zero-order valence-corrected chi connectivity index (χ0v) is 9.44. The van der Waals surface area contributed by atoms with Gasteiger partial charge < -0.3 is 10.6 Å². The molecular weight excluding hydrogens is 206 g/mol. The van der Waals surface area contributed by atoms with E-state index in [-0.39, 0.29) is 5.91 Å². The van der Waals surface area contributed by atoms with E-state index in [2.05, 4.69) is 20.9 Å². The van der Waals surface area contributed by atoms with Crippen molar-refractivity contribution in [2.24, 2.45) is 0 Å². The first-order valence-electron chi connectivity index (χ1n) is 5.65. The van der Waals surface area contributed by atoms with Crippen LogP contribution in [-0.4, -0.2) is 33.5 Å². The lowest BCUT2D eigenvalue weighted by molar-refractivity contribution is -0.114. The molecular formula is C10H17N5O. The molecule has 1 aliphatic rings. The van der Waals surface area contributed by atoms with Crippen LogP contribution in [0, 0.1) is 0 Å². The topological polar surface area (TPSA) is 71.8 Å². The smallest absolute Gasteiger partial charge is 0.222 e. The number of anilines is 1. The lowest BCUT2D eigenvalue weighted by Crippen LogP contribution is -2.23. The van der Waals surface area contributed by atoms with Gasteiger partial charge in [0.2, 0.25) is 5.91 Å². The molecule has 16 heavy (non-hydrogen) atoms. The highest BCUT2D eigenvalue weighted by molar-refractivity contribution is 5.87. The van der Waals surface area contributed by atoms with Crippen LogP contribution in [0.4, 0.5) is 5.82 Å². The third-order valence-electron chi connectivity index (χ3n) is 2.71. The standard InChI is InChI=1S/C10H17N5O/c1-8(16)12-10-7-15(14-13-10)6-4-9-3-2-5-11-9/h7,9,11H,2-6H2,1H3,(H,12,16). The first-order valence-corrected chi connectivity index (χ1v) is 5.65. The summed E-state index contributed by atoms with van der Waals surface area (Å²) in [5.74, 6) is 0.399. The molecule has 0 bridgehead atoms. The second kappa shape index (κ2) is 5.07. The Bertz CT molecular complexity index is 356. The van der Waals surface area contributed by atoms with Gasteiger partial charge in [-0.05, 0) is 25.8 Å². The highest BCUT2D eigenvalue weighted by Gasteiger charge is 2.13. The summed E-state index contributed by atoms with van der Waals surface area (Å²) in [7, 11) is 0. The Hall–Kier alpha value is -1.43. The van der Waals surface area contributed by atoms with Crippen molar-refractivity contribution in [1.29, 1.82) is 0 Å². The molecule has 88 valence electrons. The number of hydrogen-bond donors (Lipinski definition) is 2. The molecule has 0 aliphatic carbocycles. The van der Waals surface area contributed by atoms with Gasteiger partial charge in [0.25, 0.3) is 0 Å². The van der Waals surface area contributed by atoms with Gasteiger partial charge in [-0.2, -0.15) is 0 Å². The van der Waals surface area contributed by atoms with E-state index < -0.39 is 0 Å². The number of nitrogens with one attached hydrogen (secondary N) is 2.